The van der Waals surface area contributed by atoms with Crippen molar-refractivity contribution in [3.8, 4) is 0 Å². The lowest BCUT2D eigenvalue weighted by Crippen LogP contribution is -2.15. The minimum absolute atomic E-state index is 0.0803. The highest BCUT2D eigenvalue weighted by Gasteiger charge is 2.04. The number of hydrogen-bond donors (Lipinski definition) is 2. The van der Waals surface area contributed by atoms with Crippen molar-refractivity contribution in [2.75, 3.05) is 25.2 Å². The van der Waals surface area contributed by atoms with E-state index in [1.54, 1.807) is 11.8 Å². The van der Waals surface area contributed by atoms with Gasteiger partial charge in [0, 0.05) is 11.3 Å². The molecular weight excluding hydrogens is 220 g/mol. The number of anilines is 1. The van der Waals surface area contributed by atoms with Crippen molar-refractivity contribution in [1.82, 2.24) is 5.32 Å². The minimum Gasteiger partial charge on any atom is -0.325 e. The Morgan fingerprint density at radius 3 is 2.81 bits per heavy atom. The lowest BCUT2D eigenvalue weighted by Gasteiger charge is -2.08. The molecule has 88 valence electrons. The number of para-hydroxylation sites is 1. The maximum absolute atomic E-state index is 11.6. The monoisotopic (exact) mass is 238 g/mol. The zero-order valence-corrected chi connectivity index (χ0v) is 10.6. The summed E-state index contributed by atoms with van der Waals surface area (Å²) in [7, 11) is 1.89. The highest BCUT2D eigenvalue weighted by atomic mass is 32.2. The zero-order valence-electron chi connectivity index (χ0n) is 9.75. The van der Waals surface area contributed by atoms with Crippen molar-refractivity contribution in [3.05, 3.63) is 24.3 Å². The number of nitrogens with one attached hydrogen (secondary N) is 2. The van der Waals surface area contributed by atoms with E-state index in [0.717, 1.165) is 23.5 Å². The van der Waals surface area contributed by atoms with Crippen LogP contribution in [0.15, 0.2) is 29.2 Å². The van der Waals surface area contributed by atoms with Crippen LogP contribution < -0.4 is 10.6 Å². The number of rotatable bonds is 6. The van der Waals surface area contributed by atoms with Crippen molar-refractivity contribution >= 4 is 23.4 Å². The SMILES string of the molecule is CNCCCC(=O)Nc1ccccc1SC. The smallest absolute Gasteiger partial charge is 0.224 e. The highest BCUT2D eigenvalue weighted by Crippen LogP contribution is 2.24. The van der Waals surface area contributed by atoms with Crippen molar-refractivity contribution in [3.63, 3.8) is 0 Å². The largest absolute Gasteiger partial charge is 0.325 e. The molecule has 0 aromatic heterocycles. The van der Waals surface area contributed by atoms with Crippen LogP contribution >= 0.6 is 11.8 Å². The van der Waals surface area contributed by atoms with E-state index in [0.29, 0.717) is 6.42 Å². The first-order valence-corrected chi connectivity index (χ1v) is 6.58. The molecule has 0 unspecified atom stereocenters. The van der Waals surface area contributed by atoms with E-state index in [2.05, 4.69) is 10.6 Å². The number of benzene rings is 1. The third-order valence-electron chi connectivity index (χ3n) is 2.21. The Hall–Kier alpha value is -1.00. The molecule has 3 nitrogen and oxygen atoms in total. The number of thioether (sulfide) groups is 1. The van der Waals surface area contributed by atoms with Crippen molar-refractivity contribution in [1.29, 1.82) is 0 Å². The van der Waals surface area contributed by atoms with Gasteiger partial charge >= 0.3 is 0 Å². The molecule has 0 saturated carbocycles. The Morgan fingerprint density at radius 1 is 1.38 bits per heavy atom. The van der Waals surface area contributed by atoms with Crippen LogP contribution in [-0.2, 0) is 4.79 Å². The molecule has 0 fully saturated rings. The van der Waals surface area contributed by atoms with Gasteiger partial charge in [-0.15, -0.1) is 11.8 Å². The van der Waals surface area contributed by atoms with Gasteiger partial charge in [0.1, 0.15) is 0 Å². The molecule has 0 spiro atoms. The first-order valence-electron chi connectivity index (χ1n) is 5.35. The zero-order chi connectivity index (χ0) is 11.8. The molecule has 0 aliphatic carbocycles. The molecule has 1 rings (SSSR count). The van der Waals surface area contributed by atoms with E-state index in [1.807, 2.05) is 37.6 Å². The summed E-state index contributed by atoms with van der Waals surface area (Å²) in [6, 6.07) is 7.85. The molecule has 2 N–H and O–H groups in total. The van der Waals surface area contributed by atoms with E-state index in [-0.39, 0.29) is 5.91 Å². The quantitative estimate of drug-likeness (QED) is 0.590. The Labute approximate surface area is 101 Å². The molecule has 0 aliphatic rings. The second-order valence-electron chi connectivity index (χ2n) is 3.46. The van der Waals surface area contributed by atoms with Crippen LogP contribution in [0.1, 0.15) is 12.8 Å². The topological polar surface area (TPSA) is 41.1 Å². The molecule has 0 atom stereocenters. The van der Waals surface area contributed by atoms with Crippen LogP contribution in [0, 0.1) is 0 Å². The van der Waals surface area contributed by atoms with E-state index in [4.69, 9.17) is 0 Å². The van der Waals surface area contributed by atoms with Gasteiger partial charge in [0.05, 0.1) is 5.69 Å². The van der Waals surface area contributed by atoms with Crippen LogP contribution in [0.25, 0.3) is 0 Å². The predicted octanol–water partition coefficient (Wildman–Crippen LogP) is 2.35. The fourth-order valence-corrected chi connectivity index (χ4v) is 1.94. The number of carbonyl (C=O) groups excluding carboxylic acids is 1. The first kappa shape index (κ1) is 13.1. The summed E-state index contributed by atoms with van der Waals surface area (Å²) in [6.07, 6.45) is 3.43. The standard InChI is InChI=1S/C12H18N2OS/c1-13-9-5-8-12(15)14-10-6-3-4-7-11(10)16-2/h3-4,6-7,13H,5,8-9H2,1-2H3,(H,14,15). The van der Waals surface area contributed by atoms with Gasteiger partial charge in [-0.2, -0.15) is 0 Å². The number of amides is 1. The molecule has 0 saturated heterocycles. The average molecular weight is 238 g/mol. The Balaban J connectivity index is 2.49. The summed E-state index contributed by atoms with van der Waals surface area (Å²) in [5.41, 5.74) is 0.907. The summed E-state index contributed by atoms with van der Waals surface area (Å²) in [5, 5.41) is 5.96. The molecule has 0 bridgehead atoms. The maximum Gasteiger partial charge on any atom is 0.224 e. The average Bonchev–Trinajstić information content (AvgIpc) is 2.30. The second kappa shape index (κ2) is 7.30. The van der Waals surface area contributed by atoms with E-state index in [9.17, 15) is 4.79 Å². The molecule has 1 amide bonds. The molecule has 4 heteroatoms. The Kier molecular flexibility index (Phi) is 5.96. The molecule has 16 heavy (non-hydrogen) atoms. The highest BCUT2D eigenvalue weighted by molar-refractivity contribution is 7.98. The Morgan fingerprint density at radius 2 is 2.12 bits per heavy atom. The number of hydrogen-bond acceptors (Lipinski definition) is 3. The first-order chi connectivity index (χ1) is 7.77. The Bertz CT molecular complexity index is 342. The summed E-state index contributed by atoms with van der Waals surface area (Å²) in [4.78, 5) is 12.7. The summed E-state index contributed by atoms with van der Waals surface area (Å²) < 4.78 is 0. The van der Waals surface area contributed by atoms with Gasteiger partial charge in [-0.1, -0.05) is 12.1 Å². The molecule has 0 aliphatic heterocycles. The van der Waals surface area contributed by atoms with E-state index in [1.165, 1.54) is 0 Å². The van der Waals surface area contributed by atoms with Crippen LogP contribution in [0.4, 0.5) is 5.69 Å². The third kappa shape index (κ3) is 4.24. The van der Waals surface area contributed by atoms with Crippen molar-refractivity contribution in [2.24, 2.45) is 0 Å². The van der Waals surface area contributed by atoms with Gasteiger partial charge < -0.3 is 10.6 Å². The van der Waals surface area contributed by atoms with Crippen molar-refractivity contribution in [2.45, 2.75) is 17.7 Å². The second-order valence-corrected chi connectivity index (χ2v) is 4.30. The lowest BCUT2D eigenvalue weighted by molar-refractivity contribution is -0.116. The molecule has 1 aromatic carbocycles. The van der Waals surface area contributed by atoms with E-state index >= 15 is 0 Å². The van der Waals surface area contributed by atoms with E-state index < -0.39 is 0 Å². The van der Waals surface area contributed by atoms with Gasteiger partial charge in [-0.05, 0) is 38.4 Å². The summed E-state index contributed by atoms with van der Waals surface area (Å²) >= 11 is 1.64. The van der Waals surface area contributed by atoms with Gasteiger partial charge in [-0.3, -0.25) is 4.79 Å². The fourth-order valence-electron chi connectivity index (χ4n) is 1.39. The summed E-state index contributed by atoms with van der Waals surface area (Å²) in [5.74, 6) is 0.0803. The minimum atomic E-state index is 0.0803. The van der Waals surface area contributed by atoms with Gasteiger partial charge in [-0.25, -0.2) is 0 Å². The lowest BCUT2D eigenvalue weighted by atomic mass is 10.2. The van der Waals surface area contributed by atoms with Crippen LogP contribution in [-0.4, -0.2) is 25.8 Å². The van der Waals surface area contributed by atoms with Gasteiger partial charge in [0.25, 0.3) is 0 Å². The van der Waals surface area contributed by atoms with Crippen LogP contribution in [0.3, 0.4) is 0 Å². The molecule has 0 heterocycles. The summed E-state index contributed by atoms with van der Waals surface area (Å²) in [6.45, 7) is 0.873. The third-order valence-corrected chi connectivity index (χ3v) is 3.01. The molecule has 0 radical (unpaired) electrons. The fraction of sp³-hybridized carbons (Fsp3) is 0.417. The molecular formula is C12H18N2OS. The van der Waals surface area contributed by atoms with Crippen LogP contribution in [0.5, 0.6) is 0 Å². The number of carbonyl (C=O) groups is 1. The normalized spacial score (nSPS) is 10.1. The predicted molar refractivity (Wildman–Crippen MR) is 70.0 cm³/mol. The van der Waals surface area contributed by atoms with Crippen LogP contribution in [0.2, 0.25) is 0 Å². The van der Waals surface area contributed by atoms with Gasteiger partial charge in [0.15, 0.2) is 0 Å². The molecule has 1 aromatic rings. The maximum atomic E-state index is 11.6. The van der Waals surface area contributed by atoms with Crippen molar-refractivity contribution < 1.29 is 4.79 Å². The van der Waals surface area contributed by atoms with Gasteiger partial charge in [0.2, 0.25) is 5.91 Å².